The minimum atomic E-state index is -1.00. The van der Waals surface area contributed by atoms with Crippen LogP contribution in [-0.2, 0) is 17.9 Å². The monoisotopic (exact) mass is 326 g/mol. The Hall–Kier alpha value is -3.51. The Kier molecular flexibility index (Phi) is 5.76. The zero-order valence-corrected chi connectivity index (χ0v) is 12.5. The summed E-state index contributed by atoms with van der Waals surface area (Å²) in [6.45, 7) is 0.260. The Labute approximate surface area is 137 Å². The van der Waals surface area contributed by atoms with Gasteiger partial charge in [0, 0.05) is 17.1 Å². The third kappa shape index (κ3) is 5.04. The van der Waals surface area contributed by atoms with Gasteiger partial charge in [-0.25, -0.2) is 9.59 Å². The highest BCUT2D eigenvalue weighted by Gasteiger charge is 2.05. The first-order chi connectivity index (χ1) is 11.6. The van der Waals surface area contributed by atoms with E-state index in [2.05, 4.69) is 15.3 Å². The van der Waals surface area contributed by atoms with Crippen molar-refractivity contribution in [3.8, 4) is 0 Å². The first-order valence-corrected chi connectivity index (χ1v) is 6.95. The normalized spacial score (nSPS) is 9.67. The molecule has 0 fully saturated rings. The molecule has 1 amide bonds. The number of alkyl carbamates (subject to hydrolysis) is 1. The van der Waals surface area contributed by atoms with Crippen molar-refractivity contribution < 1.29 is 19.4 Å². The number of benzene rings is 2. The van der Waals surface area contributed by atoms with E-state index in [0.29, 0.717) is 11.3 Å². The van der Waals surface area contributed by atoms with Crippen LogP contribution in [0.5, 0.6) is 0 Å². The molecule has 0 spiro atoms. The number of carboxylic acids is 1. The summed E-state index contributed by atoms with van der Waals surface area (Å²) >= 11 is 0. The molecular weight excluding hydrogens is 312 g/mol. The van der Waals surface area contributed by atoms with Crippen LogP contribution in [0.4, 0.5) is 10.5 Å². The zero-order chi connectivity index (χ0) is 17.4. The quantitative estimate of drug-likeness (QED) is 0.476. The van der Waals surface area contributed by atoms with Crippen LogP contribution in [0.3, 0.4) is 0 Å². The smallest absolute Gasteiger partial charge is 0.407 e. The van der Waals surface area contributed by atoms with E-state index in [1.807, 2.05) is 0 Å². The van der Waals surface area contributed by atoms with Crippen molar-refractivity contribution in [3.63, 3.8) is 0 Å². The third-order valence-electron chi connectivity index (χ3n) is 3.08. The molecule has 2 N–H and O–H groups in total. The standard InChI is InChI=1S/C16H14N4O4/c17-20-19-14-3-1-2-12(8-14)10-24-16(23)18-9-11-4-6-13(7-5-11)15(21)22/h1-8H,9-10H2,(H,18,23)(H,21,22). The van der Waals surface area contributed by atoms with E-state index >= 15 is 0 Å². The van der Waals surface area contributed by atoms with Crippen LogP contribution < -0.4 is 5.32 Å². The number of aromatic carboxylic acids is 1. The van der Waals surface area contributed by atoms with Gasteiger partial charge in [-0.05, 0) is 34.9 Å². The lowest BCUT2D eigenvalue weighted by Gasteiger charge is -2.08. The molecule has 8 nitrogen and oxygen atoms in total. The molecule has 0 aliphatic carbocycles. The molecular formula is C16H14N4O4. The van der Waals surface area contributed by atoms with Crippen molar-refractivity contribution in [1.82, 2.24) is 5.32 Å². The van der Waals surface area contributed by atoms with E-state index in [4.69, 9.17) is 15.4 Å². The molecule has 0 saturated heterocycles. The SMILES string of the molecule is [N-]=[N+]=Nc1cccc(COC(=O)NCc2ccc(C(=O)O)cc2)c1. The average molecular weight is 326 g/mol. The Balaban J connectivity index is 1.82. The maximum atomic E-state index is 11.7. The van der Waals surface area contributed by atoms with Gasteiger partial charge in [0.2, 0.25) is 0 Å². The molecule has 8 heteroatoms. The van der Waals surface area contributed by atoms with Crippen LogP contribution in [0.15, 0.2) is 53.6 Å². The van der Waals surface area contributed by atoms with Crippen molar-refractivity contribution in [3.05, 3.63) is 75.7 Å². The lowest BCUT2D eigenvalue weighted by molar-refractivity contribution is 0.0696. The minimum absolute atomic E-state index is 0.0403. The highest BCUT2D eigenvalue weighted by molar-refractivity contribution is 5.87. The fourth-order valence-electron chi connectivity index (χ4n) is 1.90. The molecule has 2 rings (SSSR count). The summed E-state index contributed by atoms with van der Waals surface area (Å²) in [5, 5.41) is 14.8. The second-order valence-electron chi connectivity index (χ2n) is 4.79. The van der Waals surface area contributed by atoms with E-state index in [1.54, 1.807) is 36.4 Å². The summed E-state index contributed by atoms with van der Waals surface area (Å²) in [4.78, 5) is 25.1. The fraction of sp³-hybridized carbons (Fsp3) is 0.125. The molecule has 0 radical (unpaired) electrons. The summed E-state index contributed by atoms with van der Waals surface area (Å²) in [5.41, 5.74) is 10.5. The van der Waals surface area contributed by atoms with E-state index in [-0.39, 0.29) is 18.7 Å². The first-order valence-electron chi connectivity index (χ1n) is 6.95. The Morgan fingerprint density at radius 1 is 1.17 bits per heavy atom. The molecule has 0 aliphatic heterocycles. The number of carbonyl (C=O) groups excluding carboxylic acids is 1. The third-order valence-corrected chi connectivity index (χ3v) is 3.08. The number of ether oxygens (including phenoxy) is 1. The van der Waals surface area contributed by atoms with Crippen LogP contribution in [-0.4, -0.2) is 17.2 Å². The number of amides is 1. The largest absolute Gasteiger partial charge is 0.478 e. The highest BCUT2D eigenvalue weighted by Crippen LogP contribution is 2.15. The molecule has 0 aliphatic rings. The molecule has 24 heavy (non-hydrogen) atoms. The Morgan fingerprint density at radius 3 is 2.58 bits per heavy atom. The van der Waals surface area contributed by atoms with Gasteiger partial charge < -0.3 is 15.2 Å². The second kappa shape index (κ2) is 8.21. The number of carbonyl (C=O) groups is 2. The summed E-state index contributed by atoms with van der Waals surface area (Å²) in [5.74, 6) is -1.00. The van der Waals surface area contributed by atoms with Crippen LogP contribution in [0, 0.1) is 0 Å². The molecule has 0 bridgehead atoms. The molecule has 0 atom stereocenters. The molecule has 2 aromatic carbocycles. The second-order valence-corrected chi connectivity index (χ2v) is 4.79. The van der Waals surface area contributed by atoms with Crippen molar-refractivity contribution in [1.29, 1.82) is 0 Å². The Morgan fingerprint density at radius 2 is 1.92 bits per heavy atom. The van der Waals surface area contributed by atoms with E-state index in [0.717, 1.165) is 5.56 Å². The van der Waals surface area contributed by atoms with Gasteiger partial charge in [0.25, 0.3) is 0 Å². The molecule has 0 saturated carbocycles. The van der Waals surface area contributed by atoms with E-state index in [1.165, 1.54) is 12.1 Å². The van der Waals surface area contributed by atoms with Gasteiger partial charge in [0.15, 0.2) is 0 Å². The van der Waals surface area contributed by atoms with Gasteiger partial charge in [0.1, 0.15) is 6.61 Å². The lowest BCUT2D eigenvalue weighted by atomic mass is 10.1. The maximum absolute atomic E-state index is 11.7. The van der Waals surface area contributed by atoms with Crippen LogP contribution >= 0.6 is 0 Å². The van der Waals surface area contributed by atoms with Crippen molar-refractivity contribution >= 4 is 17.7 Å². The Bertz CT molecular complexity index is 783. The van der Waals surface area contributed by atoms with E-state index in [9.17, 15) is 9.59 Å². The van der Waals surface area contributed by atoms with Gasteiger partial charge in [0.05, 0.1) is 5.56 Å². The van der Waals surface area contributed by atoms with Gasteiger partial charge in [-0.3, -0.25) is 0 Å². The van der Waals surface area contributed by atoms with Crippen molar-refractivity contribution in [2.45, 2.75) is 13.2 Å². The first kappa shape index (κ1) is 16.9. The summed E-state index contributed by atoms with van der Waals surface area (Å²) in [7, 11) is 0. The van der Waals surface area contributed by atoms with Crippen LogP contribution in [0.2, 0.25) is 0 Å². The summed E-state index contributed by atoms with van der Waals surface area (Å²) in [6, 6.07) is 12.9. The van der Waals surface area contributed by atoms with Gasteiger partial charge >= 0.3 is 12.1 Å². The van der Waals surface area contributed by atoms with Gasteiger partial charge in [-0.2, -0.15) is 0 Å². The number of azide groups is 1. The molecule has 0 heterocycles. The number of nitrogens with zero attached hydrogens (tertiary/aromatic N) is 3. The van der Waals surface area contributed by atoms with Crippen molar-refractivity contribution in [2.24, 2.45) is 5.11 Å². The summed E-state index contributed by atoms with van der Waals surface area (Å²) < 4.78 is 5.07. The van der Waals surface area contributed by atoms with Crippen molar-refractivity contribution in [2.75, 3.05) is 0 Å². The molecule has 0 unspecified atom stereocenters. The fourth-order valence-corrected chi connectivity index (χ4v) is 1.90. The van der Waals surface area contributed by atoms with Gasteiger partial charge in [-0.15, -0.1) is 0 Å². The lowest BCUT2D eigenvalue weighted by Crippen LogP contribution is -2.23. The molecule has 122 valence electrons. The maximum Gasteiger partial charge on any atom is 0.407 e. The number of rotatable bonds is 6. The predicted molar refractivity (Wildman–Crippen MR) is 85.7 cm³/mol. The minimum Gasteiger partial charge on any atom is -0.478 e. The molecule has 0 aromatic heterocycles. The number of carboxylic acid groups (broad SMARTS) is 1. The summed E-state index contributed by atoms with van der Waals surface area (Å²) in [6.07, 6.45) is -0.605. The number of hydrogen-bond acceptors (Lipinski definition) is 4. The number of hydrogen-bond donors (Lipinski definition) is 2. The topological polar surface area (TPSA) is 124 Å². The van der Waals surface area contributed by atoms with E-state index < -0.39 is 12.1 Å². The average Bonchev–Trinajstić information content (AvgIpc) is 2.59. The highest BCUT2D eigenvalue weighted by atomic mass is 16.5. The predicted octanol–water partition coefficient (Wildman–Crippen LogP) is 3.75. The molecule has 2 aromatic rings. The van der Waals surface area contributed by atoms with Crippen LogP contribution in [0.1, 0.15) is 21.5 Å². The number of nitrogens with one attached hydrogen (secondary N) is 1. The zero-order valence-electron chi connectivity index (χ0n) is 12.5. The van der Waals surface area contributed by atoms with Gasteiger partial charge in [-0.1, -0.05) is 35.4 Å². The van der Waals surface area contributed by atoms with Crippen LogP contribution in [0.25, 0.3) is 10.4 Å².